The fourth-order valence-corrected chi connectivity index (χ4v) is 2.55. The van der Waals surface area contributed by atoms with Crippen molar-refractivity contribution < 1.29 is 14.3 Å². The lowest BCUT2D eigenvalue weighted by Gasteiger charge is -2.32. The zero-order valence-corrected chi connectivity index (χ0v) is 13.0. The van der Waals surface area contributed by atoms with Crippen molar-refractivity contribution in [3.8, 4) is 0 Å². The summed E-state index contributed by atoms with van der Waals surface area (Å²) in [6.07, 6.45) is 0.530. The zero-order chi connectivity index (χ0) is 16.1. The van der Waals surface area contributed by atoms with Crippen molar-refractivity contribution in [2.24, 2.45) is 0 Å². The van der Waals surface area contributed by atoms with Crippen LogP contribution in [0.2, 0.25) is 0 Å². The summed E-state index contributed by atoms with van der Waals surface area (Å²) >= 11 is 0. The van der Waals surface area contributed by atoms with Crippen molar-refractivity contribution in [1.82, 2.24) is 20.7 Å². The van der Waals surface area contributed by atoms with Gasteiger partial charge in [0.25, 0.3) is 5.91 Å². The smallest absolute Gasteiger partial charge is 0.274 e. The van der Waals surface area contributed by atoms with Gasteiger partial charge in [-0.1, -0.05) is 30.3 Å². The minimum atomic E-state index is -0.239. The van der Waals surface area contributed by atoms with E-state index in [0.29, 0.717) is 37.6 Å². The number of hydrogen-bond donors (Lipinski definition) is 2. The highest BCUT2D eigenvalue weighted by molar-refractivity contribution is 5.93. The van der Waals surface area contributed by atoms with E-state index in [9.17, 15) is 4.79 Å². The first-order valence-corrected chi connectivity index (χ1v) is 7.65. The molecule has 2 N–H and O–H groups in total. The molecule has 3 rings (SSSR count). The quantitative estimate of drug-likeness (QED) is 0.865. The highest BCUT2D eigenvalue weighted by Gasteiger charge is 2.29. The van der Waals surface area contributed by atoms with Gasteiger partial charge in [-0.05, 0) is 18.9 Å². The Morgan fingerprint density at radius 3 is 2.96 bits per heavy atom. The minimum absolute atomic E-state index is 0.101. The summed E-state index contributed by atoms with van der Waals surface area (Å²) < 4.78 is 11.4. The summed E-state index contributed by atoms with van der Waals surface area (Å²) in [7, 11) is 0. The molecule has 1 aliphatic heterocycles. The Balaban J connectivity index is 1.60. The number of ether oxygens (including phenoxy) is 2. The first-order chi connectivity index (χ1) is 11.2. The first-order valence-electron chi connectivity index (χ1n) is 7.65. The third-order valence-corrected chi connectivity index (χ3v) is 3.86. The van der Waals surface area contributed by atoms with Gasteiger partial charge in [0.05, 0.1) is 24.9 Å². The van der Waals surface area contributed by atoms with Gasteiger partial charge in [-0.3, -0.25) is 4.79 Å². The van der Waals surface area contributed by atoms with Gasteiger partial charge in [0, 0.05) is 6.61 Å². The molecule has 0 spiro atoms. The lowest BCUT2D eigenvalue weighted by Crippen LogP contribution is -2.50. The Kier molecular flexibility index (Phi) is 4.99. The van der Waals surface area contributed by atoms with Crippen LogP contribution in [0.15, 0.2) is 30.3 Å². The highest BCUT2D eigenvalue weighted by Crippen LogP contribution is 2.15. The van der Waals surface area contributed by atoms with Crippen molar-refractivity contribution in [2.75, 3.05) is 13.2 Å². The average molecular weight is 316 g/mol. The molecule has 7 heteroatoms. The molecule has 0 unspecified atom stereocenters. The molecule has 2 atom stereocenters. The van der Waals surface area contributed by atoms with E-state index in [1.54, 1.807) is 6.92 Å². The van der Waals surface area contributed by atoms with Gasteiger partial charge in [-0.15, -0.1) is 0 Å². The highest BCUT2D eigenvalue weighted by atomic mass is 16.5. The number of aromatic nitrogens is 3. The number of rotatable bonds is 5. The van der Waals surface area contributed by atoms with Crippen LogP contribution in [0.1, 0.15) is 28.2 Å². The topological polar surface area (TPSA) is 89.1 Å². The number of nitrogens with one attached hydrogen (secondary N) is 2. The van der Waals surface area contributed by atoms with Crippen LogP contribution in [0.4, 0.5) is 0 Å². The SMILES string of the molecule is Cc1n[nH]nc1C(=O)N[C@@H]1CCOC[C@H]1OCc1ccccc1. The van der Waals surface area contributed by atoms with E-state index >= 15 is 0 Å². The molecule has 0 saturated carbocycles. The molecular weight excluding hydrogens is 296 g/mol. The molecular formula is C16H20N4O3. The van der Waals surface area contributed by atoms with Crippen molar-refractivity contribution in [3.63, 3.8) is 0 Å². The van der Waals surface area contributed by atoms with Crippen LogP contribution in [0, 0.1) is 6.92 Å². The van der Waals surface area contributed by atoms with E-state index in [4.69, 9.17) is 9.47 Å². The van der Waals surface area contributed by atoms with Crippen LogP contribution in [0.3, 0.4) is 0 Å². The van der Waals surface area contributed by atoms with Gasteiger partial charge in [-0.25, -0.2) is 0 Å². The normalized spacial score (nSPS) is 21.1. The van der Waals surface area contributed by atoms with Crippen LogP contribution >= 0.6 is 0 Å². The maximum Gasteiger partial charge on any atom is 0.274 e. The van der Waals surface area contributed by atoms with Gasteiger partial charge >= 0.3 is 0 Å². The minimum Gasteiger partial charge on any atom is -0.379 e. The van der Waals surface area contributed by atoms with Gasteiger partial charge < -0.3 is 14.8 Å². The Labute approximate surface area is 134 Å². The Hall–Kier alpha value is -2.25. The zero-order valence-electron chi connectivity index (χ0n) is 13.0. The largest absolute Gasteiger partial charge is 0.379 e. The average Bonchev–Trinajstić information content (AvgIpc) is 3.01. The number of aryl methyl sites for hydroxylation is 1. The Morgan fingerprint density at radius 2 is 2.22 bits per heavy atom. The summed E-state index contributed by atoms with van der Waals surface area (Å²) in [5, 5.41) is 13.2. The fourth-order valence-electron chi connectivity index (χ4n) is 2.55. The van der Waals surface area contributed by atoms with Crippen molar-refractivity contribution >= 4 is 5.91 Å². The van der Waals surface area contributed by atoms with E-state index in [-0.39, 0.29) is 18.1 Å². The Bertz CT molecular complexity index is 644. The summed E-state index contributed by atoms with van der Waals surface area (Å²) in [6.45, 7) is 3.31. The third kappa shape index (κ3) is 3.94. The molecule has 1 aromatic carbocycles. The van der Waals surface area contributed by atoms with Crippen molar-refractivity contribution in [2.45, 2.75) is 32.1 Å². The molecule has 2 heterocycles. The number of amides is 1. The number of carbonyl (C=O) groups excluding carboxylic acids is 1. The molecule has 1 fully saturated rings. The number of benzene rings is 1. The molecule has 1 aliphatic rings. The predicted molar refractivity (Wildman–Crippen MR) is 82.8 cm³/mol. The summed E-state index contributed by atoms with van der Waals surface area (Å²) in [6, 6.07) is 9.84. The predicted octanol–water partition coefficient (Wildman–Crippen LogP) is 1.22. The lowest BCUT2D eigenvalue weighted by molar-refractivity contribution is -0.0736. The monoisotopic (exact) mass is 316 g/mol. The molecule has 7 nitrogen and oxygen atoms in total. The van der Waals surface area contributed by atoms with Crippen LogP contribution in [-0.2, 0) is 16.1 Å². The standard InChI is InChI=1S/C16H20N4O3/c1-11-15(19-20-18-11)16(21)17-13-7-8-22-10-14(13)23-9-12-5-3-2-4-6-12/h2-6,13-14H,7-10H2,1H3,(H,17,21)(H,18,19,20)/t13-,14-/m1/s1. The summed E-state index contributed by atoms with van der Waals surface area (Å²) in [4.78, 5) is 12.3. The second-order valence-corrected chi connectivity index (χ2v) is 5.54. The van der Waals surface area contributed by atoms with Crippen molar-refractivity contribution in [1.29, 1.82) is 0 Å². The number of hydrogen-bond acceptors (Lipinski definition) is 5. The first kappa shape index (κ1) is 15.6. The molecule has 2 aromatic rings. The molecule has 0 bridgehead atoms. The molecule has 1 aromatic heterocycles. The van der Waals surface area contributed by atoms with E-state index in [1.165, 1.54) is 0 Å². The van der Waals surface area contributed by atoms with E-state index in [1.807, 2.05) is 30.3 Å². The van der Waals surface area contributed by atoms with E-state index < -0.39 is 0 Å². The molecule has 122 valence electrons. The van der Waals surface area contributed by atoms with Crippen LogP contribution in [0.5, 0.6) is 0 Å². The second-order valence-electron chi connectivity index (χ2n) is 5.54. The molecule has 1 saturated heterocycles. The van der Waals surface area contributed by atoms with E-state index in [0.717, 1.165) is 5.56 Å². The number of H-pyrrole nitrogens is 1. The van der Waals surface area contributed by atoms with E-state index in [2.05, 4.69) is 20.7 Å². The number of carbonyl (C=O) groups is 1. The second kappa shape index (κ2) is 7.34. The van der Waals surface area contributed by atoms with Gasteiger partial charge in [-0.2, -0.15) is 15.4 Å². The van der Waals surface area contributed by atoms with Crippen LogP contribution in [0.25, 0.3) is 0 Å². The van der Waals surface area contributed by atoms with Gasteiger partial charge in [0.1, 0.15) is 6.10 Å². The number of nitrogens with zero attached hydrogens (tertiary/aromatic N) is 2. The van der Waals surface area contributed by atoms with Gasteiger partial charge in [0.15, 0.2) is 5.69 Å². The maximum absolute atomic E-state index is 12.3. The Morgan fingerprint density at radius 1 is 1.39 bits per heavy atom. The maximum atomic E-state index is 12.3. The fraction of sp³-hybridized carbons (Fsp3) is 0.438. The molecule has 0 aliphatic carbocycles. The van der Waals surface area contributed by atoms with Gasteiger partial charge in [0.2, 0.25) is 0 Å². The molecule has 23 heavy (non-hydrogen) atoms. The summed E-state index contributed by atoms with van der Waals surface area (Å²) in [5.41, 5.74) is 1.99. The third-order valence-electron chi connectivity index (χ3n) is 3.86. The molecule has 1 amide bonds. The number of aromatic amines is 1. The van der Waals surface area contributed by atoms with Crippen molar-refractivity contribution in [3.05, 3.63) is 47.3 Å². The van der Waals surface area contributed by atoms with Crippen LogP contribution < -0.4 is 5.32 Å². The lowest BCUT2D eigenvalue weighted by atomic mass is 10.1. The summed E-state index contributed by atoms with van der Waals surface area (Å²) in [5.74, 6) is -0.239. The molecule has 0 radical (unpaired) electrons. The van der Waals surface area contributed by atoms with Crippen LogP contribution in [-0.4, -0.2) is 46.7 Å².